The minimum absolute atomic E-state index is 0.00445. The lowest BCUT2D eigenvalue weighted by Crippen LogP contribution is -2.41. The number of carbonyl (C=O) groups excluding carboxylic acids is 2. The van der Waals surface area contributed by atoms with E-state index < -0.39 is 18.1 Å². The molecule has 174 valence electrons. The lowest BCUT2D eigenvalue weighted by Gasteiger charge is -2.20. The van der Waals surface area contributed by atoms with Gasteiger partial charge in [0.15, 0.2) is 0 Å². The van der Waals surface area contributed by atoms with E-state index in [1.54, 1.807) is 0 Å². The number of alkyl carbamates (subject to hydrolysis) is 1. The van der Waals surface area contributed by atoms with Gasteiger partial charge in [-0.3, -0.25) is 9.59 Å². The van der Waals surface area contributed by atoms with E-state index in [9.17, 15) is 14.4 Å². The molecule has 7 nitrogen and oxygen atoms in total. The van der Waals surface area contributed by atoms with Crippen molar-refractivity contribution < 1.29 is 24.2 Å². The normalized spacial score (nSPS) is 19.4. The van der Waals surface area contributed by atoms with E-state index in [1.807, 2.05) is 38.1 Å². The summed E-state index contributed by atoms with van der Waals surface area (Å²) in [6.07, 6.45) is 0.0838. The van der Waals surface area contributed by atoms with E-state index in [-0.39, 0.29) is 42.6 Å². The summed E-state index contributed by atoms with van der Waals surface area (Å²) in [6, 6.07) is 15.9. The molecule has 3 atom stereocenters. The minimum atomic E-state index is -0.932. The van der Waals surface area contributed by atoms with Gasteiger partial charge in [-0.05, 0) is 40.5 Å². The van der Waals surface area contributed by atoms with Crippen molar-refractivity contribution in [3.8, 4) is 11.1 Å². The molecule has 1 unspecified atom stereocenters. The first-order valence-electron chi connectivity index (χ1n) is 11.5. The topological polar surface area (TPSA) is 105 Å². The summed E-state index contributed by atoms with van der Waals surface area (Å²) in [6.45, 7) is 4.38. The van der Waals surface area contributed by atoms with Crippen molar-refractivity contribution in [2.24, 2.45) is 17.8 Å². The molecule has 0 heterocycles. The van der Waals surface area contributed by atoms with E-state index in [0.717, 1.165) is 11.1 Å². The largest absolute Gasteiger partial charge is 0.481 e. The molecule has 33 heavy (non-hydrogen) atoms. The molecule has 4 rings (SSSR count). The van der Waals surface area contributed by atoms with E-state index in [2.05, 4.69) is 34.9 Å². The van der Waals surface area contributed by atoms with Crippen molar-refractivity contribution in [1.29, 1.82) is 0 Å². The van der Waals surface area contributed by atoms with Crippen LogP contribution in [0.2, 0.25) is 0 Å². The first kappa shape index (κ1) is 22.8. The lowest BCUT2D eigenvalue weighted by molar-refractivity contribution is -0.138. The van der Waals surface area contributed by atoms with Crippen molar-refractivity contribution in [2.75, 3.05) is 13.2 Å². The average molecular weight is 451 g/mol. The molecular weight excluding hydrogens is 420 g/mol. The quantitative estimate of drug-likeness (QED) is 0.539. The Morgan fingerprint density at radius 1 is 1.03 bits per heavy atom. The number of carboxylic acids is 1. The molecule has 0 aromatic heterocycles. The van der Waals surface area contributed by atoms with Crippen molar-refractivity contribution in [3.05, 3.63) is 59.7 Å². The van der Waals surface area contributed by atoms with Gasteiger partial charge in [0.25, 0.3) is 0 Å². The first-order valence-corrected chi connectivity index (χ1v) is 11.5. The molecule has 2 aromatic carbocycles. The highest BCUT2D eigenvalue weighted by Crippen LogP contribution is 2.44. The van der Waals surface area contributed by atoms with Gasteiger partial charge in [-0.1, -0.05) is 62.4 Å². The molecule has 2 amide bonds. The third-order valence-electron chi connectivity index (χ3n) is 6.64. The number of aliphatic carboxylic acids is 1. The molecule has 0 aliphatic heterocycles. The fourth-order valence-corrected chi connectivity index (χ4v) is 4.59. The maximum absolute atomic E-state index is 12.4. The van der Waals surface area contributed by atoms with Crippen LogP contribution in [0, 0.1) is 17.8 Å². The number of rotatable bonds is 9. The second-order valence-corrected chi connectivity index (χ2v) is 9.27. The second-order valence-electron chi connectivity index (χ2n) is 9.27. The van der Waals surface area contributed by atoms with Crippen molar-refractivity contribution in [2.45, 2.75) is 38.6 Å². The van der Waals surface area contributed by atoms with Gasteiger partial charge in [0, 0.05) is 24.4 Å². The Balaban J connectivity index is 1.24. The number of fused-ring (bicyclic) bond motifs is 3. The molecule has 2 aliphatic carbocycles. The fraction of sp³-hybridized carbons (Fsp3) is 0.423. The van der Waals surface area contributed by atoms with E-state index in [1.165, 1.54) is 11.1 Å². The molecule has 0 bridgehead atoms. The van der Waals surface area contributed by atoms with Gasteiger partial charge in [0.2, 0.25) is 5.91 Å². The molecule has 2 aromatic rings. The van der Waals surface area contributed by atoms with Crippen molar-refractivity contribution in [1.82, 2.24) is 10.6 Å². The SMILES string of the molecule is CC(C)C(CC(=O)O)NC(=O)[C@H]1C[C@H]1CNC(=O)OCC1c2ccccc2-c2ccccc21. The molecule has 0 spiro atoms. The summed E-state index contributed by atoms with van der Waals surface area (Å²) in [5.41, 5.74) is 4.67. The maximum atomic E-state index is 12.4. The Labute approximate surface area is 193 Å². The van der Waals surface area contributed by atoms with Crippen LogP contribution in [-0.4, -0.2) is 42.3 Å². The number of carboxylic acid groups (broad SMARTS) is 1. The third kappa shape index (κ3) is 5.18. The maximum Gasteiger partial charge on any atom is 0.407 e. The van der Waals surface area contributed by atoms with Crippen LogP contribution >= 0.6 is 0 Å². The van der Waals surface area contributed by atoms with Crippen molar-refractivity contribution >= 4 is 18.0 Å². The standard InChI is InChI=1S/C26H30N2O5/c1-15(2)23(12-24(29)30)28-25(31)21-11-16(21)13-27-26(32)33-14-22-19-9-5-3-7-17(19)18-8-4-6-10-20(18)22/h3-10,15-16,21-23H,11-14H2,1-2H3,(H,27,32)(H,28,31)(H,29,30)/t16-,21-,23?/m0/s1. The van der Waals surface area contributed by atoms with Crippen molar-refractivity contribution in [3.63, 3.8) is 0 Å². The number of amides is 2. The third-order valence-corrected chi connectivity index (χ3v) is 6.64. The van der Waals surface area contributed by atoms with Gasteiger partial charge in [0.05, 0.1) is 6.42 Å². The highest BCUT2D eigenvalue weighted by molar-refractivity contribution is 5.83. The predicted molar refractivity (Wildman–Crippen MR) is 124 cm³/mol. The molecule has 7 heteroatoms. The van der Waals surface area contributed by atoms with Gasteiger partial charge in [-0.15, -0.1) is 0 Å². The monoisotopic (exact) mass is 450 g/mol. The summed E-state index contributed by atoms with van der Waals surface area (Å²) < 4.78 is 5.54. The fourth-order valence-electron chi connectivity index (χ4n) is 4.59. The Morgan fingerprint density at radius 3 is 2.21 bits per heavy atom. The Hall–Kier alpha value is -3.35. The predicted octanol–water partition coefficient (Wildman–Crippen LogP) is 3.78. The molecular formula is C26H30N2O5. The number of benzene rings is 2. The molecule has 0 saturated heterocycles. The van der Waals surface area contributed by atoms with Crippen LogP contribution in [-0.2, 0) is 14.3 Å². The Kier molecular flexibility index (Phi) is 6.67. The van der Waals surface area contributed by atoms with Crippen LogP contribution in [0.25, 0.3) is 11.1 Å². The highest BCUT2D eigenvalue weighted by Gasteiger charge is 2.43. The molecule has 0 radical (unpaired) electrons. The number of hydrogen-bond acceptors (Lipinski definition) is 4. The lowest BCUT2D eigenvalue weighted by atomic mass is 9.98. The van der Waals surface area contributed by atoms with Gasteiger partial charge in [-0.25, -0.2) is 4.79 Å². The van der Waals surface area contributed by atoms with Crippen LogP contribution < -0.4 is 10.6 Å². The first-order chi connectivity index (χ1) is 15.8. The summed E-state index contributed by atoms with van der Waals surface area (Å²) in [5.74, 6) is -1.20. The molecule has 2 aliphatic rings. The number of carbonyl (C=O) groups is 3. The average Bonchev–Trinajstić information content (AvgIpc) is 3.51. The van der Waals surface area contributed by atoms with Gasteiger partial charge in [-0.2, -0.15) is 0 Å². The summed E-state index contributed by atoms with van der Waals surface area (Å²) in [4.78, 5) is 35.8. The Bertz CT molecular complexity index is 1000. The highest BCUT2D eigenvalue weighted by atomic mass is 16.5. The molecule has 1 fully saturated rings. The minimum Gasteiger partial charge on any atom is -0.481 e. The molecule has 1 saturated carbocycles. The summed E-state index contributed by atoms with van der Waals surface area (Å²) in [7, 11) is 0. The van der Waals surface area contributed by atoms with Crippen LogP contribution in [0.1, 0.15) is 43.7 Å². The molecule has 3 N–H and O–H groups in total. The van der Waals surface area contributed by atoms with Gasteiger partial charge >= 0.3 is 12.1 Å². The van der Waals surface area contributed by atoms with E-state index in [4.69, 9.17) is 9.84 Å². The summed E-state index contributed by atoms with van der Waals surface area (Å²) >= 11 is 0. The van der Waals surface area contributed by atoms with Gasteiger partial charge < -0.3 is 20.5 Å². The Morgan fingerprint density at radius 2 is 1.64 bits per heavy atom. The zero-order valence-electron chi connectivity index (χ0n) is 18.9. The zero-order valence-corrected chi connectivity index (χ0v) is 18.9. The van der Waals surface area contributed by atoms with E-state index in [0.29, 0.717) is 13.0 Å². The van der Waals surface area contributed by atoms with Crippen LogP contribution in [0.4, 0.5) is 4.79 Å². The van der Waals surface area contributed by atoms with Crippen LogP contribution in [0.3, 0.4) is 0 Å². The second kappa shape index (κ2) is 9.65. The smallest absolute Gasteiger partial charge is 0.407 e. The number of hydrogen-bond donors (Lipinski definition) is 3. The van der Waals surface area contributed by atoms with E-state index >= 15 is 0 Å². The van der Waals surface area contributed by atoms with Crippen LogP contribution in [0.5, 0.6) is 0 Å². The zero-order chi connectivity index (χ0) is 23.5. The number of nitrogens with one attached hydrogen (secondary N) is 2. The van der Waals surface area contributed by atoms with Gasteiger partial charge in [0.1, 0.15) is 6.61 Å². The number of ether oxygens (including phenoxy) is 1. The summed E-state index contributed by atoms with van der Waals surface area (Å²) in [5, 5.41) is 14.6. The van der Waals surface area contributed by atoms with Crippen LogP contribution in [0.15, 0.2) is 48.5 Å².